The number of nitrogens with two attached hydrogens (primary N) is 5. The predicted molar refractivity (Wildman–Crippen MR) is 133 cm³/mol. The van der Waals surface area contributed by atoms with Crippen LogP contribution in [0.5, 0.6) is 0 Å². The van der Waals surface area contributed by atoms with E-state index in [2.05, 4.69) is 20.9 Å². The van der Waals surface area contributed by atoms with Crippen LogP contribution < -0.4 is 44.6 Å². The van der Waals surface area contributed by atoms with Gasteiger partial charge in [-0.05, 0) is 44.6 Å². The molecule has 15 nitrogen and oxygen atoms in total. The van der Waals surface area contributed by atoms with Crippen molar-refractivity contribution < 1.29 is 29.1 Å². The van der Waals surface area contributed by atoms with Gasteiger partial charge in [-0.3, -0.25) is 24.2 Å². The van der Waals surface area contributed by atoms with Crippen LogP contribution in [0.3, 0.4) is 0 Å². The van der Waals surface area contributed by atoms with E-state index in [1.165, 1.54) is 0 Å². The summed E-state index contributed by atoms with van der Waals surface area (Å²) in [6, 6.07) is -4.62. The molecule has 0 saturated carbocycles. The molecule has 0 aliphatic heterocycles. The fraction of sp³-hybridized carbons (Fsp3) is 0.714. The molecule has 0 aromatic heterocycles. The van der Waals surface area contributed by atoms with Crippen molar-refractivity contribution in [3.8, 4) is 0 Å². The van der Waals surface area contributed by atoms with Gasteiger partial charge in [-0.15, -0.1) is 0 Å². The maximum absolute atomic E-state index is 13.0. The summed E-state index contributed by atoms with van der Waals surface area (Å²) in [5.41, 5.74) is 27.0. The van der Waals surface area contributed by atoms with Crippen molar-refractivity contribution in [2.75, 3.05) is 13.1 Å². The van der Waals surface area contributed by atoms with Gasteiger partial charge in [0.1, 0.15) is 18.1 Å². The van der Waals surface area contributed by atoms with Gasteiger partial charge in [0.05, 0.1) is 12.5 Å². The highest BCUT2D eigenvalue weighted by Crippen LogP contribution is 2.08. The average molecular weight is 516 g/mol. The molecule has 206 valence electrons. The molecule has 0 aromatic rings. The molecule has 0 heterocycles. The first-order chi connectivity index (χ1) is 16.8. The molecule has 0 fully saturated rings. The van der Waals surface area contributed by atoms with Gasteiger partial charge in [-0.25, -0.2) is 4.79 Å². The molecule has 0 aliphatic carbocycles. The number of carboxylic acids is 1. The van der Waals surface area contributed by atoms with E-state index in [4.69, 9.17) is 28.7 Å². The minimum absolute atomic E-state index is 0.0716. The van der Waals surface area contributed by atoms with E-state index in [1.807, 2.05) is 0 Å². The zero-order valence-electron chi connectivity index (χ0n) is 20.9. The average Bonchev–Trinajstić information content (AvgIpc) is 2.77. The van der Waals surface area contributed by atoms with Gasteiger partial charge in [0.15, 0.2) is 5.96 Å². The summed E-state index contributed by atoms with van der Waals surface area (Å²) < 4.78 is 0. The molecule has 4 atom stereocenters. The predicted octanol–water partition coefficient (Wildman–Crippen LogP) is -3.43. The van der Waals surface area contributed by atoms with E-state index in [9.17, 15) is 29.1 Å². The maximum atomic E-state index is 13.0. The quantitative estimate of drug-likeness (QED) is 0.0494. The Kier molecular flexibility index (Phi) is 15.4. The van der Waals surface area contributed by atoms with Gasteiger partial charge >= 0.3 is 5.97 Å². The Hall–Kier alpha value is -3.46. The van der Waals surface area contributed by atoms with Crippen LogP contribution in [-0.2, 0) is 24.0 Å². The minimum Gasteiger partial charge on any atom is -0.480 e. The lowest BCUT2D eigenvalue weighted by molar-refractivity contribution is -0.144. The van der Waals surface area contributed by atoms with E-state index < -0.39 is 66.1 Å². The zero-order valence-corrected chi connectivity index (χ0v) is 20.9. The Bertz CT molecular complexity index is 786. The van der Waals surface area contributed by atoms with Crippen LogP contribution in [0.1, 0.15) is 52.4 Å². The Morgan fingerprint density at radius 1 is 0.833 bits per heavy atom. The van der Waals surface area contributed by atoms with Crippen LogP contribution in [0, 0.1) is 5.92 Å². The first-order valence-electron chi connectivity index (χ1n) is 11.7. The number of nitrogens with zero attached hydrogens (tertiary/aromatic N) is 1. The van der Waals surface area contributed by atoms with Crippen molar-refractivity contribution in [3.05, 3.63) is 0 Å². The monoisotopic (exact) mass is 515 g/mol. The third-order valence-electron chi connectivity index (χ3n) is 5.15. The molecule has 0 saturated heterocycles. The second-order valence-electron chi connectivity index (χ2n) is 8.70. The molecular formula is C21H41N9O6. The standard InChI is InChI=1S/C21H41N9O6/c1-11(2)16(19(34)29-14(20(35)36)10-15(24)31)30-18(33)13(7-3-4-8-22)28-17(32)12(23)6-5-9-27-21(25)26/h11-14,16H,3-10,22-23H2,1-2H3,(H2,24,31)(H,28,32)(H,29,34)(H,30,33)(H,35,36)(H4,25,26,27). The van der Waals surface area contributed by atoms with Crippen molar-refractivity contribution in [3.63, 3.8) is 0 Å². The third-order valence-corrected chi connectivity index (χ3v) is 5.15. The third kappa shape index (κ3) is 13.4. The normalized spacial score (nSPS) is 14.1. The first kappa shape index (κ1) is 32.5. The highest BCUT2D eigenvalue weighted by molar-refractivity contribution is 5.95. The Labute approximate surface area is 210 Å². The molecule has 0 aromatic carbocycles. The van der Waals surface area contributed by atoms with E-state index in [1.54, 1.807) is 13.8 Å². The molecule has 0 aliphatic rings. The number of aliphatic carboxylic acids is 1. The molecule has 0 bridgehead atoms. The van der Waals surface area contributed by atoms with Gasteiger partial charge in [0.25, 0.3) is 0 Å². The number of carbonyl (C=O) groups excluding carboxylic acids is 4. The molecule has 15 heteroatoms. The number of unbranched alkanes of at least 4 members (excludes halogenated alkanes) is 1. The highest BCUT2D eigenvalue weighted by atomic mass is 16.4. The van der Waals surface area contributed by atoms with Gasteiger partial charge in [0.2, 0.25) is 23.6 Å². The van der Waals surface area contributed by atoms with E-state index in [0.29, 0.717) is 32.4 Å². The SMILES string of the molecule is CC(C)C(NC(=O)C(CCCCN)NC(=O)C(N)CCCN=C(N)N)C(=O)NC(CC(N)=O)C(=O)O. The lowest BCUT2D eigenvalue weighted by atomic mass is 10.0. The van der Waals surface area contributed by atoms with Crippen molar-refractivity contribution in [2.24, 2.45) is 39.6 Å². The number of hydrogen-bond acceptors (Lipinski definition) is 8. The molecule has 0 radical (unpaired) electrons. The van der Waals surface area contributed by atoms with Crippen molar-refractivity contribution in [2.45, 2.75) is 76.5 Å². The van der Waals surface area contributed by atoms with E-state index in [-0.39, 0.29) is 18.8 Å². The second-order valence-corrected chi connectivity index (χ2v) is 8.70. The molecule has 4 unspecified atom stereocenters. The zero-order chi connectivity index (χ0) is 27.8. The molecule has 14 N–H and O–H groups in total. The number of carbonyl (C=O) groups is 5. The molecule has 0 spiro atoms. The van der Waals surface area contributed by atoms with Crippen molar-refractivity contribution in [1.82, 2.24) is 16.0 Å². The topological polar surface area (TPSA) is 284 Å². The van der Waals surface area contributed by atoms with Crippen LogP contribution in [0.2, 0.25) is 0 Å². The number of guanidine groups is 1. The van der Waals surface area contributed by atoms with Crippen LogP contribution in [0.25, 0.3) is 0 Å². The fourth-order valence-electron chi connectivity index (χ4n) is 3.14. The molecule has 0 rings (SSSR count). The number of hydrogen-bond donors (Lipinski definition) is 9. The Morgan fingerprint density at radius 3 is 1.94 bits per heavy atom. The largest absolute Gasteiger partial charge is 0.480 e. The summed E-state index contributed by atoms with van der Waals surface area (Å²) in [5.74, 6) is -4.90. The van der Waals surface area contributed by atoms with E-state index >= 15 is 0 Å². The highest BCUT2D eigenvalue weighted by Gasteiger charge is 2.32. The summed E-state index contributed by atoms with van der Waals surface area (Å²) in [5, 5.41) is 16.6. The van der Waals surface area contributed by atoms with Crippen LogP contribution in [0.4, 0.5) is 0 Å². The number of primary amides is 1. The number of nitrogens with one attached hydrogen (secondary N) is 3. The summed E-state index contributed by atoms with van der Waals surface area (Å²) >= 11 is 0. The number of carboxylic acid groups (broad SMARTS) is 1. The van der Waals surface area contributed by atoms with Crippen molar-refractivity contribution >= 4 is 35.6 Å². The number of aliphatic imine (C=N–C) groups is 1. The van der Waals surface area contributed by atoms with Crippen molar-refractivity contribution in [1.29, 1.82) is 0 Å². The number of amides is 4. The fourth-order valence-corrected chi connectivity index (χ4v) is 3.14. The maximum Gasteiger partial charge on any atom is 0.326 e. The van der Waals surface area contributed by atoms with Gasteiger partial charge in [-0.1, -0.05) is 13.8 Å². The lowest BCUT2D eigenvalue weighted by Crippen LogP contribution is -2.58. The summed E-state index contributed by atoms with van der Waals surface area (Å²) in [4.78, 5) is 64.6. The lowest BCUT2D eigenvalue weighted by Gasteiger charge is -2.27. The Morgan fingerprint density at radius 2 is 1.44 bits per heavy atom. The minimum atomic E-state index is -1.55. The summed E-state index contributed by atoms with van der Waals surface area (Å²) in [7, 11) is 0. The molecule has 4 amide bonds. The molecular weight excluding hydrogens is 474 g/mol. The smallest absolute Gasteiger partial charge is 0.326 e. The van der Waals surface area contributed by atoms with Gasteiger partial charge in [0, 0.05) is 6.54 Å². The van der Waals surface area contributed by atoms with Crippen LogP contribution in [0.15, 0.2) is 4.99 Å². The number of rotatable bonds is 18. The van der Waals surface area contributed by atoms with Crippen LogP contribution >= 0.6 is 0 Å². The summed E-state index contributed by atoms with van der Waals surface area (Å²) in [6.07, 6.45) is 1.47. The molecule has 36 heavy (non-hydrogen) atoms. The van der Waals surface area contributed by atoms with E-state index in [0.717, 1.165) is 0 Å². The first-order valence-corrected chi connectivity index (χ1v) is 11.7. The van der Waals surface area contributed by atoms with Gasteiger partial charge in [-0.2, -0.15) is 0 Å². The Balaban J connectivity index is 5.37. The summed E-state index contributed by atoms with van der Waals surface area (Å²) in [6.45, 7) is 3.97. The van der Waals surface area contributed by atoms with Crippen LogP contribution in [-0.4, -0.2) is 77.9 Å². The second kappa shape index (κ2) is 17.0. The van der Waals surface area contributed by atoms with Gasteiger partial charge < -0.3 is 49.7 Å².